The summed E-state index contributed by atoms with van der Waals surface area (Å²) in [5, 5.41) is 0. The standard InChI is InChI=1S/C28H30Br6N7O/c29-17-13-3-1-7-40-25(13)23(21(33)19(17)31)37-27(40)15(35)5-6-16(36)41-10-2-4-14-18(30)20(32)22(34)24(26(14)41)38-28(41)39-8-11-42-12-9-39/h15-16H,1-12,35-36H2/q+1. The van der Waals surface area contributed by atoms with Gasteiger partial charge in [0.15, 0.2) is 11.9 Å². The second kappa shape index (κ2) is 11.7. The summed E-state index contributed by atoms with van der Waals surface area (Å²) < 4.78 is 14.7. The van der Waals surface area contributed by atoms with Crippen molar-refractivity contribution in [1.82, 2.24) is 18.9 Å². The van der Waals surface area contributed by atoms with Gasteiger partial charge in [0.2, 0.25) is 0 Å². The van der Waals surface area contributed by atoms with E-state index in [0.717, 1.165) is 115 Å². The van der Waals surface area contributed by atoms with E-state index in [2.05, 4.69) is 105 Å². The maximum Gasteiger partial charge on any atom is 0.312 e. The van der Waals surface area contributed by atoms with Gasteiger partial charge in [0.25, 0.3) is 0 Å². The summed E-state index contributed by atoms with van der Waals surface area (Å²) in [4.78, 5) is 12.8. The molecule has 1 aromatic heterocycles. The van der Waals surface area contributed by atoms with Crippen LogP contribution in [0.4, 0.5) is 11.4 Å². The highest BCUT2D eigenvalue weighted by Crippen LogP contribution is 2.57. The minimum Gasteiger partial charge on any atom is -0.378 e. The smallest absolute Gasteiger partial charge is 0.312 e. The van der Waals surface area contributed by atoms with Crippen LogP contribution < -0.4 is 16.0 Å². The number of benzene rings is 2. The number of halogens is 6. The van der Waals surface area contributed by atoms with E-state index in [1.54, 1.807) is 0 Å². The molecule has 0 amide bonds. The Morgan fingerprint density at radius 3 is 2.26 bits per heavy atom. The van der Waals surface area contributed by atoms with Crippen LogP contribution in [0.2, 0.25) is 0 Å². The van der Waals surface area contributed by atoms with E-state index >= 15 is 0 Å². The van der Waals surface area contributed by atoms with E-state index in [4.69, 9.17) is 26.2 Å². The van der Waals surface area contributed by atoms with E-state index in [0.29, 0.717) is 17.7 Å². The third kappa shape index (κ3) is 4.55. The van der Waals surface area contributed by atoms with E-state index in [-0.39, 0.29) is 12.2 Å². The van der Waals surface area contributed by atoms with Crippen LogP contribution in [-0.4, -0.2) is 59.4 Å². The van der Waals surface area contributed by atoms with Gasteiger partial charge in [-0.1, -0.05) is 0 Å². The van der Waals surface area contributed by atoms with Crippen LogP contribution in [0.5, 0.6) is 0 Å². The molecular weight excluding hydrogens is 930 g/mol. The third-order valence-corrected chi connectivity index (χ3v) is 16.2. The summed E-state index contributed by atoms with van der Waals surface area (Å²) in [6, 6.07) is -0.240. The molecule has 1 saturated heterocycles. The second-order valence-corrected chi connectivity index (χ2v) is 16.2. The van der Waals surface area contributed by atoms with Gasteiger partial charge < -0.3 is 19.9 Å². The summed E-state index contributed by atoms with van der Waals surface area (Å²) in [5.74, 6) is 1.97. The van der Waals surface area contributed by atoms with Gasteiger partial charge in [-0.2, -0.15) is 4.99 Å². The fourth-order valence-corrected chi connectivity index (χ4v) is 10.7. The Balaban J connectivity index is 1.25. The van der Waals surface area contributed by atoms with E-state index in [1.165, 1.54) is 22.3 Å². The van der Waals surface area contributed by atoms with Crippen molar-refractivity contribution in [3.8, 4) is 0 Å². The van der Waals surface area contributed by atoms with Crippen molar-refractivity contribution in [2.75, 3.05) is 32.8 Å². The summed E-state index contributed by atoms with van der Waals surface area (Å²) in [6.45, 7) is 4.82. The molecule has 5 heterocycles. The fourth-order valence-electron chi connectivity index (χ4n) is 7.23. The van der Waals surface area contributed by atoms with Crippen molar-refractivity contribution in [1.29, 1.82) is 0 Å². The Morgan fingerprint density at radius 2 is 1.50 bits per heavy atom. The molecule has 42 heavy (non-hydrogen) atoms. The largest absolute Gasteiger partial charge is 0.378 e. The second-order valence-electron chi connectivity index (χ2n) is 11.4. The molecule has 0 saturated carbocycles. The molecule has 7 rings (SSSR count). The Bertz CT molecular complexity index is 1650. The van der Waals surface area contributed by atoms with Gasteiger partial charge in [-0.3, -0.25) is 5.73 Å². The van der Waals surface area contributed by atoms with Crippen molar-refractivity contribution in [3.63, 3.8) is 0 Å². The number of quaternary nitrogens is 1. The van der Waals surface area contributed by atoms with Crippen molar-refractivity contribution in [3.05, 3.63) is 43.8 Å². The van der Waals surface area contributed by atoms with Crippen LogP contribution in [0.3, 0.4) is 0 Å². The quantitative estimate of drug-likeness (QED) is 0.201. The molecule has 0 aliphatic carbocycles. The fraction of sp³-hybridized carbons (Fsp3) is 0.500. The minimum absolute atomic E-state index is 0.214. The lowest BCUT2D eigenvalue weighted by molar-refractivity contribution is 0.0605. The predicted octanol–water partition coefficient (Wildman–Crippen LogP) is 7.91. The molecule has 0 bridgehead atoms. The average molecular weight is 960 g/mol. The van der Waals surface area contributed by atoms with Crippen molar-refractivity contribution in [2.24, 2.45) is 16.5 Å². The highest BCUT2D eigenvalue weighted by molar-refractivity contribution is 9.15. The van der Waals surface area contributed by atoms with E-state index in [1.807, 2.05) is 0 Å². The first-order valence-electron chi connectivity index (χ1n) is 14.2. The van der Waals surface area contributed by atoms with Crippen molar-refractivity contribution >= 4 is 124 Å². The first kappa shape index (κ1) is 30.7. The zero-order chi connectivity index (χ0) is 29.5. The Labute approximate surface area is 295 Å². The molecule has 14 heteroatoms. The van der Waals surface area contributed by atoms with Crippen LogP contribution in [0.1, 0.15) is 48.7 Å². The molecule has 4 aliphatic rings. The zero-order valence-corrected chi connectivity index (χ0v) is 32.2. The molecule has 3 aromatic rings. The number of hydrogen-bond donors (Lipinski definition) is 2. The van der Waals surface area contributed by atoms with Gasteiger partial charge in [-0.25, -0.2) is 9.47 Å². The molecule has 0 radical (unpaired) electrons. The van der Waals surface area contributed by atoms with E-state index < -0.39 is 0 Å². The van der Waals surface area contributed by atoms with Gasteiger partial charge in [0.05, 0.1) is 40.3 Å². The molecule has 2 aromatic carbocycles. The van der Waals surface area contributed by atoms with Gasteiger partial charge in [0.1, 0.15) is 17.0 Å². The lowest BCUT2D eigenvalue weighted by atomic mass is 9.96. The molecule has 8 nitrogen and oxygen atoms in total. The highest BCUT2D eigenvalue weighted by Gasteiger charge is 2.55. The molecule has 1 fully saturated rings. The number of ether oxygens (including phenoxy) is 1. The third-order valence-electron chi connectivity index (χ3n) is 9.19. The monoisotopic (exact) mass is 954 g/mol. The van der Waals surface area contributed by atoms with Gasteiger partial charge in [-0.05, 0) is 127 Å². The molecule has 4 aliphatic heterocycles. The number of guanidine groups is 1. The Kier molecular flexibility index (Phi) is 8.58. The number of aromatic nitrogens is 2. The summed E-state index contributed by atoms with van der Waals surface area (Å²) >= 11 is 22.9. The molecule has 4 N–H and O–H groups in total. The number of hydrogen-bond acceptors (Lipinski definition) is 6. The number of aliphatic imine (C=N–C) groups is 1. The van der Waals surface area contributed by atoms with Crippen LogP contribution in [0, 0.1) is 0 Å². The topological polar surface area (TPSA) is 94.7 Å². The number of morpholine rings is 1. The van der Waals surface area contributed by atoms with E-state index in [9.17, 15) is 0 Å². The number of rotatable bonds is 5. The summed E-state index contributed by atoms with van der Waals surface area (Å²) in [7, 11) is 0. The van der Waals surface area contributed by atoms with Gasteiger partial charge >= 0.3 is 5.96 Å². The first-order valence-corrected chi connectivity index (χ1v) is 19.0. The minimum atomic E-state index is -0.240. The predicted molar refractivity (Wildman–Crippen MR) is 189 cm³/mol. The number of nitrogens with two attached hydrogens (primary N) is 2. The number of aryl methyl sites for hydroxylation is 2. The van der Waals surface area contributed by atoms with Gasteiger partial charge in [0, 0.05) is 55.9 Å². The zero-order valence-electron chi connectivity index (χ0n) is 22.7. The Hall–Kier alpha value is 0.1000. The molecule has 3 unspecified atom stereocenters. The Morgan fingerprint density at radius 1 is 0.810 bits per heavy atom. The van der Waals surface area contributed by atoms with Crippen molar-refractivity contribution < 1.29 is 4.74 Å². The summed E-state index contributed by atoms with van der Waals surface area (Å²) in [6.07, 6.45) is 5.33. The first-order chi connectivity index (χ1) is 20.2. The lowest BCUT2D eigenvalue weighted by Crippen LogP contribution is -2.69. The SMILES string of the molecule is NC(CCC(N)[N+]12CCCc3c(Br)c(Br)c(Br)c(c31)N=C2N1CCOCC1)c1nc2c(Br)c(Br)c(Br)c3c2n1CCC3. The molecule has 3 atom stereocenters. The normalized spacial score (nSPS) is 22.9. The maximum absolute atomic E-state index is 7.34. The summed E-state index contributed by atoms with van der Waals surface area (Å²) in [5.41, 5.74) is 21.2. The van der Waals surface area contributed by atoms with Crippen LogP contribution in [0.25, 0.3) is 11.0 Å². The molecule has 0 spiro atoms. The van der Waals surface area contributed by atoms with Gasteiger partial charge in [-0.15, -0.1) is 0 Å². The number of nitrogens with zero attached hydrogens (tertiary/aromatic N) is 5. The lowest BCUT2D eigenvalue weighted by Gasteiger charge is -2.46. The average Bonchev–Trinajstić information content (AvgIpc) is 3.58. The van der Waals surface area contributed by atoms with Crippen molar-refractivity contribution in [2.45, 2.75) is 57.3 Å². The molecule has 224 valence electrons. The number of imidazole rings is 1. The van der Waals surface area contributed by atoms with Crippen LogP contribution in [-0.2, 0) is 24.1 Å². The maximum atomic E-state index is 7.34. The van der Waals surface area contributed by atoms with Crippen LogP contribution in [0.15, 0.2) is 31.8 Å². The molecular formula is C28H30Br6N7O+. The highest BCUT2D eigenvalue weighted by atomic mass is 79.9. The van der Waals surface area contributed by atoms with Crippen LogP contribution >= 0.6 is 95.6 Å².